The average molecular weight is 395 g/mol. The zero-order valence-corrected chi connectivity index (χ0v) is 13.7. The summed E-state index contributed by atoms with van der Waals surface area (Å²) in [4.78, 5) is -0.0932. The van der Waals surface area contributed by atoms with Crippen molar-refractivity contribution in [1.29, 1.82) is 0 Å². The molecule has 21 heavy (non-hydrogen) atoms. The molecule has 0 atom stereocenters. The molecule has 0 fully saturated rings. The second-order valence-electron chi connectivity index (χ2n) is 4.17. The minimum absolute atomic E-state index is 0.0932. The Morgan fingerprint density at radius 1 is 1.24 bits per heavy atom. The van der Waals surface area contributed by atoms with Crippen LogP contribution in [-0.2, 0) is 16.6 Å². The summed E-state index contributed by atoms with van der Waals surface area (Å²) in [5.41, 5.74) is 0.731. The molecule has 0 heterocycles. The molecule has 0 aromatic heterocycles. The minimum Gasteiger partial charge on any atom is -0.487 e. The van der Waals surface area contributed by atoms with Gasteiger partial charge >= 0.3 is 0 Å². The fourth-order valence-corrected chi connectivity index (χ4v) is 2.83. The van der Waals surface area contributed by atoms with Crippen LogP contribution in [0.4, 0.5) is 4.39 Å². The highest BCUT2D eigenvalue weighted by Gasteiger charge is 2.11. The smallest absolute Gasteiger partial charge is 0.238 e. The van der Waals surface area contributed by atoms with E-state index in [9.17, 15) is 12.8 Å². The number of nitrogens with two attached hydrogens (primary N) is 1. The van der Waals surface area contributed by atoms with Crippen LogP contribution in [0.3, 0.4) is 0 Å². The van der Waals surface area contributed by atoms with E-state index in [2.05, 4.69) is 15.9 Å². The number of hydrogen-bond donors (Lipinski definition) is 1. The Morgan fingerprint density at radius 2 is 1.95 bits per heavy atom. The third-order valence-electron chi connectivity index (χ3n) is 2.61. The summed E-state index contributed by atoms with van der Waals surface area (Å²) >= 11 is 9.02. The van der Waals surface area contributed by atoms with Crippen LogP contribution in [0.1, 0.15) is 5.56 Å². The van der Waals surface area contributed by atoms with Crippen molar-refractivity contribution in [3.8, 4) is 5.75 Å². The lowest BCUT2D eigenvalue weighted by Gasteiger charge is -2.09. The SMILES string of the molecule is NS(=O)(=O)c1ccc(OCc2ccc(F)c(Br)c2)c(Cl)c1. The van der Waals surface area contributed by atoms with E-state index in [1.165, 1.54) is 24.3 Å². The molecule has 0 aliphatic carbocycles. The summed E-state index contributed by atoms with van der Waals surface area (Å²) < 4.78 is 41.3. The van der Waals surface area contributed by atoms with Crippen molar-refractivity contribution in [2.75, 3.05) is 0 Å². The standard InChI is InChI=1S/C13H10BrClFNO3S/c14-10-5-8(1-3-12(10)16)7-20-13-4-2-9(6-11(13)15)21(17,18)19/h1-6H,7H2,(H2,17,18,19). The Balaban J connectivity index is 2.15. The second-order valence-corrected chi connectivity index (χ2v) is 7.00. The van der Waals surface area contributed by atoms with Crippen molar-refractivity contribution in [1.82, 2.24) is 0 Å². The van der Waals surface area contributed by atoms with E-state index in [0.29, 0.717) is 10.2 Å². The van der Waals surface area contributed by atoms with Crippen LogP contribution < -0.4 is 9.88 Å². The first-order chi connectivity index (χ1) is 9.77. The number of benzene rings is 2. The van der Waals surface area contributed by atoms with Gasteiger partial charge in [-0.15, -0.1) is 0 Å². The van der Waals surface area contributed by atoms with Gasteiger partial charge in [0.05, 0.1) is 14.4 Å². The average Bonchev–Trinajstić information content (AvgIpc) is 2.40. The summed E-state index contributed by atoms with van der Waals surface area (Å²) in [6.45, 7) is 0.160. The molecule has 0 radical (unpaired) electrons. The summed E-state index contributed by atoms with van der Waals surface area (Å²) in [5, 5.41) is 5.13. The van der Waals surface area contributed by atoms with Crippen LogP contribution in [-0.4, -0.2) is 8.42 Å². The highest BCUT2D eigenvalue weighted by Crippen LogP contribution is 2.28. The first-order valence-corrected chi connectivity index (χ1v) is 8.38. The molecule has 0 aliphatic rings. The van der Waals surface area contributed by atoms with E-state index in [1.54, 1.807) is 12.1 Å². The zero-order chi connectivity index (χ0) is 15.6. The zero-order valence-electron chi connectivity index (χ0n) is 10.5. The van der Waals surface area contributed by atoms with Gasteiger partial charge in [-0.2, -0.15) is 0 Å². The molecule has 0 saturated carbocycles. The molecule has 0 aliphatic heterocycles. The molecule has 0 amide bonds. The first-order valence-electron chi connectivity index (χ1n) is 5.66. The van der Waals surface area contributed by atoms with Crippen LogP contribution in [0.25, 0.3) is 0 Å². The van der Waals surface area contributed by atoms with Crippen molar-refractivity contribution in [3.63, 3.8) is 0 Å². The number of hydrogen-bond acceptors (Lipinski definition) is 3. The molecule has 0 bridgehead atoms. The maximum Gasteiger partial charge on any atom is 0.238 e. The summed E-state index contributed by atoms with van der Waals surface area (Å²) in [7, 11) is -3.81. The molecule has 2 N–H and O–H groups in total. The van der Waals surface area contributed by atoms with Crippen LogP contribution in [0.5, 0.6) is 5.75 Å². The van der Waals surface area contributed by atoms with Gasteiger partial charge in [0.15, 0.2) is 0 Å². The first kappa shape index (κ1) is 16.2. The fourth-order valence-electron chi connectivity index (χ4n) is 1.57. The van der Waals surface area contributed by atoms with Gasteiger partial charge in [0.25, 0.3) is 0 Å². The largest absolute Gasteiger partial charge is 0.487 e. The van der Waals surface area contributed by atoms with Crippen molar-refractivity contribution in [2.24, 2.45) is 5.14 Å². The lowest BCUT2D eigenvalue weighted by atomic mass is 10.2. The predicted octanol–water partition coefficient (Wildman–Crippen LogP) is 3.47. The number of sulfonamides is 1. The van der Waals surface area contributed by atoms with Gasteiger partial charge in [-0.05, 0) is 51.8 Å². The van der Waals surface area contributed by atoms with Gasteiger partial charge in [0.2, 0.25) is 10.0 Å². The van der Waals surface area contributed by atoms with Crippen molar-refractivity contribution >= 4 is 37.6 Å². The normalized spacial score (nSPS) is 11.4. The Morgan fingerprint density at radius 3 is 2.52 bits per heavy atom. The van der Waals surface area contributed by atoms with E-state index in [0.717, 1.165) is 5.56 Å². The van der Waals surface area contributed by atoms with E-state index >= 15 is 0 Å². The Hall–Kier alpha value is -1.15. The second kappa shape index (κ2) is 6.31. The van der Waals surface area contributed by atoms with Crippen LogP contribution >= 0.6 is 27.5 Å². The summed E-state index contributed by atoms with van der Waals surface area (Å²) in [6.07, 6.45) is 0. The molecule has 4 nitrogen and oxygen atoms in total. The van der Waals surface area contributed by atoms with Crippen molar-refractivity contribution < 1.29 is 17.5 Å². The van der Waals surface area contributed by atoms with Gasteiger partial charge in [-0.25, -0.2) is 17.9 Å². The van der Waals surface area contributed by atoms with Gasteiger partial charge < -0.3 is 4.74 Å². The highest BCUT2D eigenvalue weighted by molar-refractivity contribution is 9.10. The van der Waals surface area contributed by atoms with Crippen LogP contribution in [0, 0.1) is 5.82 Å². The van der Waals surface area contributed by atoms with Crippen molar-refractivity contribution in [3.05, 3.63) is 57.3 Å². The topological polar surface area (TPSA) is 69.4 Å². The molecule has 2 rings (SSSR count). The third kappa shape index (κ3) is 4.16. The molecular weight excluding hydrogens is 385 g/mol. The summed E-state index contributed by atoms with van der Waals surface area (Å²) in [6, 6.07) is 8.41. The van der Waals surface area contributed by atoms with Gasteiger partial charge in [-0.3, -0.25) is 0 Å². The number of primary sulfonamides is 1. The van der Waals surface area contributed by atoms with Gasteiger partial charge in [0.1, 0.15) is 18.2 Å². The maximum atomic E-state index is 13.1. The number of ether oxygens (including phenoxy) is 1. The molecule has 2 aromatic carbocycles. The van der Waals surface area contributed by atoms with Crippen molar-refractivity contribution in [2.45, 2.75) is 11.5 Å². The number of rotatable bonds is 4. The maximum absolute atomic E-state index is 13.1. The lowest BCUT2D eigenvalue weighted by molar-refractivity contribution is 0.306. The van der Waals surface area contributed by atoms with E-state index in [-0.39, 0.29) is 22.3 Å². The summed E-state index contributed by atoms with van der Waals surface area (Å²) in [5.74, 6) is -0.0567. The molecule has 0 unspecified atom stereocenters. The molecular formula is C13H10BrClFNO3S. The molecule has 2 aromatic rings. The van der Waals surface area contributed by atoms with Gasteiger partial charge in [-0.1, -0.05) is 17.7 Å². The Kier molecular flexibility index (Phi) is 4.88. The van der Waals surface area contributed by atoms with Crippen LogP contribution in [0.15, 0.2) is 45.8 Å². The number of halogens is 3. The minimum atomic E-state index is -3.81. The Labute approximate surface area is 134 Å². The van der Waals surface area contributed by atoms with Crippen LogP contribution in [0.2, 0.25) is 5.02 Å². The van der Waals surface area contributed by atoms with E-state index in [1.807, 2.05) is 0 Å². The quantitative estimate of drug-likeness (QED) is 0.863. The molecule has 8 heteroatoms. The monoisotopic (exact) mass is 393 g/mol. The lowest BCUT2D eigenvalue weighted by Crippen LogP contribution is -2.12. The highest BCUT2D eigenvalue weighted by atomic mass is 79.9. The Bertz CT molecular complexity index is 783. The molecule has 0 saturated heterocycles. The third-order valence-corrected chi connectivity index (χ3v) is 4.42. The molecule has 112 valence electrons. The fraction of sp³-hybridized carbons (Fsp3) is 0.0769. The molecule has 0 spiro atoms. The van der Waals surface area contributed by atoms with E-state index < -0.39 is 10.0 Å². The van der Waals surface area contributed by atoms with Gasteiger partial charge in [0, 0.05) is 0 Å². The predicted molar refractivity (Wildman–Crippen MR) is 81.3 cm³/mol. The van der Waals surface area contributed by atoms with E-state index in [4.69, 9.17) is 21.5 Å².